The molecule has 1 fully saturated rings. The summed E-state index contributed by atoms with van der Waals surface area (Å²) in [5.41, 5.74) is 2.17. The van der Waals surface area contributed by atoms with E-state index < -0.39 is 0 Å². The molecule has 0 spiro atoms. The Morgan fingerprint density at radius 2 is 2.00 bits per heavy atom. The van der Waals surface area contributed by atoms with Crippen LogP contribution in [-0.4, -0.2) is 29.0 Å². The molecule has 0 bridgehead atoms. The highest BCUT2D eigenvalue weighted by Crippen LogP contribution is 2.21. The number of nitrogens with zero attached hydrogens (tertiary/aromatic N) is 3. The van der Waals surface area contributed by atoms with Crippen molar-refractivity contribution in [1.82, 2.24) is 9.97 Å². The molecule has 6 heteroatoms. The zero-order valence-corrected chi connectivity index (χ0v) is 13.9. The van der Waals surface area contributed by atoms with E-state index in [1.165, 1.54) is 19.0 Å². The molecular weight excluding hydrogens is 344 g/mol. The Hall–Kier alpha value is -1.95. The molecule has 1 saturated heterocycles. The van der Waals surface area contributed by atoms with Crippen molar-refractivity contribution in [2.45, 2.75) is 19.8 Å². The van der Waals surface area contributed by atoms with Crippen LogP contribution in [0.2, 0.25) is 0 Å². The molecule has 0 unspecified atom stereocenters. The number of carbonyl (C=O) groups is 1. The van der Waals surface area contributed by atoms with Crippen LogP contribution >= 0.6 is 15.9 Å². The summed E-state index contributed by atoms with van der Waals surface area (Å²) in [7, 11) is 0. The summed E-state index contributed by atoms with van der Waals surface area (Å²) in [5, 5.41) is 2.83. The number of aryl methyl sites for hydroxylation is 1. The van der Waals surface area contributed by atoms with Crippen molar-refractivity contribution in [2.24, 2.45) is 0 Å². The first kappa shape index (κ1) is 15.0. The average Bonchev–Trinajstić information content (AvgIpc) is 3.05. The molecule has 2 aromatic rings. The molecule has 1 aliphatic rings. The predicted octanol–water partition coefficient (Wildman–Crippen LogP) is 3.40. The average molecular weight is 361 g/mol. The molecule has 3 rings (SSSR count). The van der Waals surface area contributed by atoms with Crippen molar-refractivity contribution in [2.75, 3.05) is 23.3 Å². The third kappa shape index (κ3) is 3.27. The van der Waals surface area contributed by atoms with Gasteiger partial charge in [-0.05, 0) is 37.5 Å². The second-order valence-electron chi connectivity index (χ2n) is 5.37. The number of hydrogen-bond acceptors (Lipinski definition) is 4. The molecule has 0 aliphatic carbocycles. The fourth-order valence-corrected chi connectivity index (χ4v) is 2.79. The lowest BCUT2D eigenvalue weighted by molar-refractivity contribution is 0.102. The van der Waals surface area contributed by atoms with Crippen LogP contribution < -0.4 is 10.2 Å². The second-order valence-corrected chi connectivity index (χ2v) is 6.23. The molecule has 114 valence electrons. The summed E-state index contributed by atoms with van der Waals surface area (Å²) in [6.45, 7) is 4.02. The van der Waals surface area contributed by atoms with Crippen LogP contribution in [0.25, 0.3) is 0 Å². The Bertz CT molecular complexity index is 681. The molecule has 1 aromatic heterocycles. The van der Waals surface area contributed by atoms with Crippen LogP contribution in [0.1, 0.15) is 28.9 Å². The molecule has 1 aromatic carbocycles. The zero-order valence-electron chi connectivity index (χ0n) is 12.3. The molecule has 1 aliphatic heterocycles. The van der Waals surface area contributed by atoms with Gasteiger partial charge in [0.05, 0.1) is 12.4 Å². The van der Waals surface area contributed by atoms with Crippen LogP contribution in [0.4, 0.5) is 11.5 Å². The van der Waals surface area contributed by atoms with Crippen LogP contribution in [0, 0.1) is 6.92 Å². The molecule has 1 N–H and O–H groups in total. The summed E-state index contributed by atoms with van der Waals surface area (Å²) in [6, 6.07) is 5.69. The van der Waals surface area contributed by atoms with E-state index in [1.54, 1.807) is 6.20 Å². The third-order valence-corrected chi connectivity index (χ3v) is 4.58. The number of carbonyl (C=O) groups excluding carboxylic acids is 1. The molecule has 1 amide bonds. The fraction of sp³-hybridized carbons (Fsp3) is 0.312. The highest BCUT2D eigenvalue weighted by atomic mass is 79.9. The highest BCUT2D eigenvalue weighted by molar-refractivity contribution is 9.10. The Kier molecular flexibility index (Phi) is 4.38. The second kappa shape index (κ2) is 6.44. The van der Waals surface area contributed by atoms with Crippen molar-refractivity contribution in [3.05, 3.63) is 46.3 Å². The minimum Gasteiger partial charge on any atom is -0.355 e. The number of nitrogens with one attached hydrogen (secondary N) is 1. The Balaban J connectivity index is 1.70. The predicted molar refractivity (Wildman–Crippen MR) is 90.3 cm³/mol. The van der Waals surface area contributed by atoms with Gasteiger partial charge in [0.2, 0.25) is 0 Å². The Morgan fingerprint density at radius 1 is 1.23 bits per heavy atom. The zero-order chi connectivity index (χ0) is 15.5. The van der Waals surface area contributed by atoms with Crippen molar-refractivity contribution in [1.29, 1.82) is 0 Å². The lowest BCUT2D eigenvalue weighted by atomic mass is 10.2. The van der Waals surface area contributed by atoms with E-state index >= 15 is 0 Å². The van der Waals surface area contributed by atoms with Gasteiger partial charge in [-0.3, -0.25) is 4.79 Å². The van der Waals surface area contributed by atoms with Crippen molar-refractivity contribution in [3.8, 4) is 0 Å². The Morgan fingerprint density at radius 3 is 2.64 bits per heavy atom. The summed E-state index contributed by atoms with van der Waals surface area (Å²) in [4.78, 5) is 23.0. The first-order valence-corrected chi connectivity index (χ1v) is 8.07. The van der Waals surface area contributed by atoms with Gasteiger partial charge in [0, 0.05) is 23.2 Å². The van der Waals surface area contributed by atoms with Gasteiger partial charge in [-0.25, -0.2) is 9.97 Å². The van der Waals surface area contributed by atoms with E-state index in [0.29, 0.717) is 5.69 Å². The van der Waals surface area contributed by atoms with Gasteiger partial charge in [-0.2, -0.15) is 0 Å². The summed E-state index contributed by atoms with van der Waals surface area (Å²) < 4.78 is 0.959. The number of halogens is 1. The topological polar surface area (TPSA) is 58.1 Å². The molecule has 22 heavy (non-hydrogen) atoms. The molecule has 0 saturated carbocycles. The SMILES string of the molecule is Cc1ccc(NC(=O)c2cnc(N3CCCC3)cn2)cc1Br. The molecule has 2 heterocycles. The maximum Gasteiger partial charge on any atom is 0.275 e. The number of hydrogen-bond donors (Lipinski definition) is 1. The number of rotatable bonds is 3. The molecule has 0 radical (unpaired) electrons. The highest BCUT2D eigenvalue weighted by Gasteiger charge is 2.15. The number of anilines is 2. The number of amides is 1. The molecular formula is C16H17BrN4O. The lowest BCUT2D eigenvalue weighted by Crippen LogP contribution is -2.20. The summed E-state index contributed by atoms with van der Waals surface area (Å²) in [6.07, 6.45) is 5.58. The maximum absolute atomic E-state index is 12.2. The van der Waals surface area contributed by atoms with Crippen LogP contribution in [0.15, 0.2) is 35.1 Å². The van der Waals surface area contributed by atoms with Crippen molar-refractivity contribution in [3.63, 3.8) is 0 Å². The van der Waals surface area contributed by atoms with E-state index in [0.717, 1.165) is 34.6 Å². The number of benzene rings is 1. The van der Waals surface area contributed by atoms with Crippen molar-refractivity contribution >= 4 is 33.3 Å². The van der Waals surface area contributed by atoms with E-state index in [4.69, 9.17) is 0 Å². The first-order chi connectivity index (χ1) is 10.6. The quantitative estimate of drug-likeness (QED) is 0.911. The minimum absolute atomic E-state index is 0.253. The van der Waals surface area contributed by atoms with Gasteiger partial charge in [0.1, 0.15) is 11.5 Å². The largest absolute Gasteiger partial charge is 0.355 e. The van der Waals surface area contributed by atoms with E-state index in [2.05, 4.69) is 36.1 Å². The Labute approximate surface area is 137 Å². The number of aromatic nitrogens is 2. The van der Waals surface area contributed by atoms with Gasteiger partial charge >= 0.3 is 0 Å². The van der Waals surface area contributed by atoms with E-state index in [-0.39, 0.29) is 5.91 Å². The fourth-order valence-electron chi connectivity index (χ4n) is 2.41. The maximum atomic E-state index is 12.2. The van der Waals surface area contributed by atoms with Gasteiger partial charge < -0.3 is 10.2 Å². The molecule has 0 atom stereocenters. The monoisotopic (exact) mass is 360 g/mol. The van der Waals surface area contributed by atoms with Gasteiger partial charge in [0.15, 0.2) is 0 Å². The lowest BCUT2D eigenvalue weighted by Gasteiger charge is -2.15. The minimum atomic E-state index is -0.253. The van der Waals surface area contributed by atoms with E-state index in [1.807, 2.05) is 25.1 Å². The van der Waals surface area contributed by atoms with Crippen LogP contribution in [0.5, 0.6) is 0 Å². The smallest absolute Gasteiger partial charge is 0.275 e. The standard InChI is InChI=1S/C16H17BrN4O/c1-11-4-5-12(8-13(11)17)20-16(22)14-9-19-15(10-18-14)21-6-2-3-7-21/h4-5,8-10H,2-3,6-7H2,1H3,(H,20,22). The van der Waals surface area contributed by atoms with Crippen LogP contribution in [0.3, 0.4) is 0 Å². The van der Waals surface area contributed by atoms with E-state index in [9.17, 15) is 4.79 Å². The van der Waals surface area contributed by atoms with Gasteiger partial charge in [-0.15, -0.1) is 0 Å². The normalized spacial score (nSPS) is 14.2. The summed E-state index contributed by atoms with van der Waals surface area (Å²) >= 11 is 3.45. The van der Waals surface area contributed by atoms with Gasteiger partial charge in [0.25, 0.3) is 5.91 Å². The third-order valence-electron chi connectivity index (χ3n) is 3.73. The first-order valence-electron chi connectivity index (χ1n) is 7.28. The van der Waals surface area contributed by atoms with Crippen molar-refractivity contribution < 1.29 is 4.79 Å². The summed E-state index contributed by atoms with van der Waals surface area (Å²) in [5.74, 6) is 0.586. The van der Waals surface area contributed by atoms with Crippen LogP contribution in [-0.2, 0) is 0 Å². The van der Waals surface area contributed by atoms with Gasteiger partial charge in [-0.1, -0.05) is 22.0 Å². The molecule has 5 nitrogen and oxygen atoms in total.